The Morgan fingerprint density at radius 1 is 1.50 bits per heavy atom. The van der Waals surface area contributed by atoms with Crippen molar-refractivity contribution >= 4 is 12.0 Å². The van der Waals surface area contributed by atoms with Crippen LogP contribution in [-0.2, 0) is 4.79 Å². The van der Waals surface area contributed by atoms with E-state index in [2.05, 4.69) is 11.9 Å². The van der Waals surface area contributed by atoms with Crippen molar-refractivity contribution in [2.24, 2.45) is 5.92 Å². The Morgan fingerprint density at radius 2 is 2.11 bits per heavy atom. The van der Waals surface area contributed by atoms with Crippen LogP contribution in [0.2, 0.25) is 0 Å². The lowest BCUT2D eigenvalue weighted by Gasteiger charge is -2.25. The molecule has 5 heteroatoms. The first-order chi connectivity index (χ1) is 8.54. The molecule has 0 aromatic heterocycles. The van der Waals surface area contributed by atoms with Gasteiger partial charge in [-0.2, -0.15) is 0 Å². The van der Waals surface area contributed by atoms with Gasteiger partial charge in [-0.15, -0.1) is 6.58 Å². The molecule has 1 unspecified atom stereocenters. The molecule has 2 amide bonds. The summed E-state index contributed by atoms with van der Waals surface area (Å²) in [6.07, 6.45) is 6.25. The van der Waals surface area contributed by atoms with Crippen molar-refractivity contribution < 1.29 is 14.7 Å². The van der Waals surface area contributed by atoms with Gasteiger partial charge in [0.15, 0.2) is 0 Å². The predicted molar refractivity (Wildman–Crippen MR) is 69.4 cm³/mol. The number of hydrogen-bond acceptors (Lipinski definition) is 2. The van der Waals surface area contributed by atoms with Gasteiger partial charge in [-0.25, -0.2) is 4.79 Å². The third-order valence-electron chi connectivity index (χ3n) is 3.42. The Morgan fingerprint density at radius 3 is 2.61 bits per heavy atom. The first kappa shape index (κ1) is 14.5. The topological polar surface area (TPSA) is 69.6 Å². The number of carbonyl (C=O) groups excluding carboxylic acids is 1. The van der Waals surface area contributed by atoms with Crippen molar-refractivity contribution in [3.05, 3.63) is 12.7 Å². The monoisotopic (exact) mass is 254 g/mol. The Hall–Kier alpha value is -1.52. The summed E-state index contributed by atoms with van der Waals surface area (Å²) in [5.41, 5.74) is 0. The lowest BCUT2D eigenvalue weighted by Crippen LogP contribution is -2.47. The second kappa shape index (κ2) is 7.03. The minimum Gasteiger partial charge on any atom is -0.480 e. The van der Waals surface area contributed by atoms with E-state index in [4.69, 9.17) is 5.11 Å². The molecule has 0 heterocycles. The molecule has 0 spiro atoms. The van der Waals surface area contributed by atoms with E-state index in [0.717, 1.165) is 12.8 Å². The highest BCUT2D eigenvalue weighted by Crippen LogP contribution is 2.27. The van der Waals surface area contributed by atoms with Crippen molar-refractivity contribution in [1.82, 2.24) is 10.2 Å². The number of nitrogens with zero attached hydrogens (tertiary/aromatic N) is 1. The number of rotatable bonds is 6. The van der Waals surface area contributed by atoms with Crippen LogP contribution in [0, 0.1) is 5.92 Å². The van der Waals surface area contributed by atoms with Gasteiger partial charge < -0.3 is 15.3 Å². The molecule has 0 saturated heterocycles. The quantitative estimate of drug-likeness (QED) is 0.711. The van der Waals surface area contributed by atoms with Gasteiger partial charge in [-0.3, -0.25) is 4.79 Å². The molecule has 1 saturated carbocycles. The summed E-state index contributed by atoms with van der Waals surface area (Å²) in [6.45, 7) is 5.47. The van der Waals surface area contributed by atoms with Crippen LogP contribution >= 0.6 is 0 Å². The van der Waals surface area contributed by atoms with Gasteiger partial charge >= 0.3 is 12.0 Å². The number of carbonyl (C=O) groups is 2. The Kier molecular flexibility index (Phi) is 5.68. The minimum absolute atomic E-state index is 0.0983. The molecule has 0 aliphatic heterocycles. The molecule has 1 aliphatic rings. The average Bonchev–Trinajstić information content (AvgIpc) is 2.81. The molecule has 18 heavy (non-hydrogen) atoms. The predicted octanol–water partition coefficient (Wildman–Crippen LogP) is 1.85. The fraction of sp³-hybridized carbons (Fsp3) is 0.692. The SMILES string of the molecule is C=CCN(CC(=O)O)C(=O)NC(C)C1CCCC1. The van der Waals surface area contributed by atoms with Crippen molar-refractivity contribution in [1.29, 1.82) is 0 Å². The van der Waals surface area contributed by atoms with Gasteiger partial charge in [0.25, 0.3) is 0 Å². The van der Waals surface area contributed by atoms with Crippen LogP contribution in [0.1, 0.15) is 32.6 Å². The third-order valence-corrected chi connectivity index (χ3v) is 3.42. The maximum absolute atomic E-state index is 11.9. The summed E-state index contributed by atoms with van der Waals surface area (Å²) in [6, 6.07) is -0.224. The highest BCUT2D eigenvalue weighted by Gasteiger charge is 2.24. The molecule has 2 N–H and O–H groups in total. The van der Waals surface area contributed by atoms with Gasteiger partial charge in [0.2, 0.25) is 0 Å². The van der Waals surface area contributed by atoms with Gasteiger partial charge in [0.05, 0.1) is 0 Å². The van der Waals surface area contributed by atoms with E-state index in [1.54, 1.807) is 0 Å². The van der Waals surface area contributed by atoms with Crippen LogP contribution < -0.4 is 5.32 Å². The summed E-state index contributed by atoms with van der Waals surface area (Å²) in [5.74, 6) is -0.495. The highest BCUT2D eigenvalue weighted by atomic mass is 16.4. The molecule has 1 rings (SSSR count). The Bertz CT molecular complexity index is 311. The summed E-state index contributed by atoms with van der Waals surface area (Å²) in [4.78, 5) is 23.9. The Labute approximate surface area is 108 Å². The van der Waals surface area contributed by atoms with Crippen LogP contribution in [0.4, 0.5) is 4.79 Å². The zero-order valence-corrected chi connectivity index (χ0v) is 10.9. The molecule has 1 atom stereocenters. The number of carboxylic acids is 1. The van der Waals surface area contributed by atoms with Crippen LogP contribution in [0.15, 0.2) is 12.7 Å². The average molecular weight is 254 g/mol. The van der Waals surface area contributed by atoms with Crippen LogP contribution in [-0.4, -0.2) is 41.1 Å². The van der Waals surface area contributed by atoms with Crippen molar-refractivity contribution in [2.45, 2.75) is 38.6 Å². The smallest absolute Gasteiger partial charge is 0.323 e. The van der Waals surface area contributed by atoms with E-state index in [1.165, 1.54) is 23.8 Å². The zero-order chi connectivity index (χ0) is 13.5. The molecule has 102 valence electrons. The van der Waals surface area contributed by atoms with Gasteiger partial charge in [-0.05, 0) is 25.7 Å². The van der Waals surface area contributed by atoms with E-state index in [-0.39, 0.29) is 25.2 Å². The lowest BCUT2D eigenvalue weighted by molar-refractivity contribution is -0.137. The van der Waals surface area contributed by atoms with Crippen molar-refractivity contribution in [2.75, 3.05) is 13.1 Å². The summed E-state index contributed by atoms with van der Waals surface area (Å²) >= 11 is 0. The fourth-order valence-electron chi connectivity index (χ4n) is 2.40. The van der Waals surface area contributed by atoms with E-state index < -0.39 is 5.97 Å². The van der Waals surface area contributed by atoms with E-state index in [9.17, 15) is 9.59 Å². The van der Waals surface area contributed by atoms with E-state index in [0.29, 0.717) is 5.92 Å². The minimum atomic E-state index is -1.01. The summed E-state index contributed by atoms with van der Waals surface area (Å²) < 4.78 is 0. The molecular formula is C13H22N2O3. The lowest BCUT2D eigenvalue weighted by atomic mass is 10.0. The molecule has 1 fully saturated rings. The largest absolute Gasteiger partial charge is 0.480 e. The van der Waals surface area contributed by atoms with Crippen molar-refractivity contribution in [3.63, 3.8) is 0 Å². The number of hydrogen-bond donors (Lipinski definition) is 2. The number of aliphatic carboxylic acids is 1. The second-order valence-corrected chi connectivity index (χ2v) is 4.85. The van der Waals surface area contributed by atoms with Gasteiger partial charge in [0, 0.05) is 12.6 Å². The maximum atomic E-state index is 11.9. The second-order valence-electron chi connectivity index (χ2n) is 4.85. The number of nitrogens with one attached hydrogen (secondary N) is 1. The molecule has 1 aliphatic carbocycles. The first-order valence-electron chi connectivity index (χ1n) is 6.42. The molecule has 0 aromatic rings. The van der Waals surface area contributed by atoms with Gasteiger partial charge in [0.1, 0.15) is 6.54 Å². The summed E-state index contributed by atoms with van der Waals surface area (Å²) in [7, 11) is 0. The van der Waals surface area contributed by atoms with Gasteiger partial charge in [-0.1, -0.05) is 18.9 Å². The van der Waals surface area contributed by atoms with E-state index >= 15 is 0 Å². The number of amides is 2. The van der Waals surface area contributed by atoms with Crippen LogP contribution in [0.25, 0.3) is 0 Å². The van der Waals surface area contributed by atoms with Crippen molar-refractivity contribution in [3.8, 4) is 0 Å². The molecule has 0 bridgehead atoms. The standard InChI is InChI=1S/C13H22N2O3/c1-3-8-15(9-12(16)17)13(18)14-10(2)11-6-4-5-7-11/h3,10-11H,1,4-9H2,2H3,(H,14,18)(H,16,17). The van der Waals surface area contributed by atoms with Crippen LogP contribution in [0.5, 0.6) is 0 Å². The highest BCUT2D eigenvalue weighted by molar-refractivity contribution is 5.80. The molecule has 0 aromatic carbocycles. The third kappa shape index (κ3) is 4.39. The fourth-order valence-corrected chi connectivity index (χ4v) is 2.40. The van der Waals surface area contributed by atoms with E-state index in [1.807, 2.05) is 6.92 Å². The molecule has 0 radical (unpaired) electrons. The number of carboxylic acid groups (broad SMARTS) is 1. The molecular weight excluding hydrogens is 232 g/mol. The molecule has 5 nitrogen and oxygen atoms in total. The summed E-state index contributed by atoms with van der Waals surface area (Å²) in [5, 5.41) is 11.6. The Balaban J connectivity index is 2.48. The first-order valence-corrected chi connectivity index (χ1v) is 6.42. The van der Waals surface area contributed by atoms with Crippen LogP contribution in [0.3, 0.4) is 0 Å². The number of urea groups is 1. The zero-order valence-electron chi connectivity index (χ0n) is 10.9. The normalized spacial score (nSPS) is 17.2. The maximum Gasteiger partial charge on any atom is 0.323 e.